The van der Waals surface area contributed by atoms with Gasteiger partial charge in [0.1, 0.15) is 11.5 Å². The lowest BCUT2D eigenvalue weighted by Crippen LogP contribution is -2.29. The van der Waals surface area contributed by atoms with Crippen molar-refractivity contribution in [1.82, 2.24) is 0 Å². The summed E-state index contributed by atoms with van der Waals surface area (Å²) in [6.07, 6.45) is 3.38. The molecule has 1 heterocycles. The Labute approximate surface area is 83.1 Å². The Morgan fingerprint density at radius 2 is 2.36 bits per heavy atom. The van der Waals surface area contributed by atoms with Gasteiger partial charge in [-0.1, -0.05) is 0 Å². The molecule has 76 valence electrons. The number of hydrogen-bond donors (Lipinski definition) is 0. The molecule has 3 nitrogen and oxygen atoms in total. The van der Waals surface area contributed by atoms with Gasteiger partial charge in [-0.3, -0.25) is 9.59 Å². The lowest BCUT2D eigenvalue weighted by atomic mass is 9.75. The standard InChI is InChI=1S/C11H14O3/c1-7(12)8-6-11(2)9(13)4-3-5-10(11)14-8/h5,8H,3-4,6H2,1-2H3/t8?,11-/m0/s1. The highest BCUT2D eigenvalue weighted by Crippen LogP contribution is 2.45. The zero-order valence-corrected chi connectivity index (χ0v) is 8.50. The van der Waals surface area contributed by atoms with Crippen molar-refractivity contribution in [3.8, 4) is 0 Å². The van der Waals surface area contributed by atoms with Gasteiger partial charge < -0.3 is 4.74 Å². The van der Waals surface area contributed by atoms with Crippen LogP contribution in [0.2, 0.25) is 0 Å². The molecule has 0 N–H and O–H groups in total. The number of Topliss-reactive ketones (excluding diaryl/α,β-unsaturated/α-hetero) is 2. The first-order valence-electron chi connectivity index (χ1n) is 4.95. The number of ether oxygens (including phenoxy) is 1. The summed E-state index contributed by atoms with van der Waals surface area (Å²) in [5.41, 5.74) is -0.519. The van der Waals surface area contributed by atoms with Crippen molar-refractivity contribution in [1.29, 1.82) is 0 Å². The third-order valence-electron chi connectivity index (χ3n) is 3.18. The second-order valence-corrected chi connectivity index (χ2v) is 4.28. The third-order valence-corrected chi connectivity index (χ3v) is 3.18. The van der Waals surface area contributed by atoms with Crippen LogP contribution in [0.5, 0.6) is 0 Å². The first-order chi connectivity index (χ1) is 6.54. The molecular weight excluding hydrogens is 180 g/mol. The van der Waals surface area contributed by atoms with Crippen LogP contribution in [0.25, 0.3) is 0 Å². The number of allylic oxidation sites excluding steroid dienone is 2. The molecule has 0 bridgehead atoms. The molecule has 2 atom stereocenters. The predicted molar refractivity (Wildman–Crippen MR) is 50.6 cm³/mol. The van der Waals surface area contributed by atoms with E-state index in [-0.39, 0.29) is 11.6 Å². The van der Waals surface area contributed by atoms with Crippen LogP contribution < -0.4 is 0 Å². The number of hydrogen-bond acceptors (Lipinski definition) is 3. The number of carbonyl (C=O) groups is 2. The molecule has 1 fully saturated rings. The second-order valence-electron chi connectivity index (χ2n) is 4.28. The number of carbonyl (C=O) groups excluding carboxylic acids is 2. The molecular formula is C11H14O3. The van der Waals surface area contributed by atoms with E-state index in [1.165, 1.54) is 6.92 Å². The Balaban J connectivity index is 2.31. The fourth-order valence-electron chi connectivity index (χ4n) is 2.16. The molecule has 0 saturated carbocycles. The lowest BCUT2D eigenvalue weighted by molar-refractivity contribution is -0.126. The fraction of sp³-hybridized carbons (Fsp3) is 0.636. The number of fused-ring (bicyclic) bond motifs is 1. The smallest absolute Gasteiger partial charge is 0.170 e. The van der Waals surface area contributed by atoms with Gasteiger partial charge in [-0.05, 0) is 26.3 Å². The Bertz CT molecular complexity index is 329. The zero-order chi connectivity index (χ0) is 10.3. The Morgan fingerprint density at radius 3 is 2.93 bits per heavy atom. The molecule has 0 aromatic rings. The normalized spacial score (nSPS) is 36.0. The third kappa shape index (κ3) is 1.19. The molecule has 2 rings (SSSR count). The zero-order valence-electron chi connectivity index (χ0n) is 8.50. The lowest BCUT2D eigenvalue weighted by Gasteiger charge is -2.24. The van der Waals surface area contributed by atoms with Crippen LogP contribution in [-0.2, 0) is 14.3 Å². The minimum atomic E-state index is -0.519. The first kappa shape index (κ1) is 9.44. The molecule has 1 aliphatic carbocycles. The van der Waals surface area contributed by atoms with E-state index in [0.717, 1.165) is 6.42 Å². The summed E-state index contributed by atoms with van der Waals surface area (Å²) < 4.78 is 5.49. The van der Waals surface area contributed by atoms with Crippen LogP contribution in [-0.4, -0.2) is 17.7 Å². The van der Waals surface area contributed by atoms with Crippen LogP contribution in [0.1, 0.15) is 33.1 Å². The van der Waals surface area contributed by atoms with Crippen LogP contribution in [0, 0.1) is 5.41 Å². The summed E-state index contributed by atoms with van der Waals surface area (Å²) >= 11 is 0. The van der Waals surface area contributed by atoms with Gasteiger partial charge in [0.05, 0.1) is 5.41 Å². The van der Waals surface area contributed by atoms with E-state index in [1.807, 2.05) is 13.0 Å². The van der Waals surface area contributed by atoms with Crippen molar-refractivity contribution < 1.29 is 14.3 Å². The van der Waals surface area contributed by atoms with Gasteiger partial charge in [0.15, 0.2) is 11.9 Å². The summed E-state index contributed by atoms with van der Waals surface area (Å²) in [6, 6.07) is 0. The second kappa shape index (κ2) is 2.94. The maximum atomic E-state index is 11.7. The number of rotatable bonds is 1. The Kier molecular flexibility index (Phi) is 1.98. The monoisotopic (exact) mass is 194 g/mol. The largest absolute Gasteiger partial charge is 0.486 e. The van der Waals surface area contributed by atoms with Crippen molar-refractivity contribution >= 4 is 11.6 Å². The SMILES string of the molecule is CC(=O)C1C[C@@]2(C)C(=O)CCC=C2O1. The van der Waals surface area contributed by atoms with E-state index < -0.39 is 11.5 Å². The van der Waals surface area contributed by atoms with Crippen LogP contribution in [0.15, 0.2) is 11.8 Å². The van der Waals surface area contributed by atoms with Gasteiger partial charge in [0, 0.05) is 12.8 Å². The summed E-state index contributed by atoms with van der Waals surface area (Å²) in [5.74, 6) is 0.932. The van der Waals surface area contributed by atoms with Crippen molar-refractivity contribution in [2.24, 2.45) is 5.41 Å². The average Bonchev–Trinajstić information content (AvgIpc) is 2.45. The molecule has 0 aromatic heterocycles. The topological polar surface area (TPSA) is 43.4 Å². The Morgan fingerprint density at radius 1 is 1.64 bits per heavy atom. The van der Waals surface area contributed by atoms with Crippen molar-refractivity contribution in [2.45, 2.75) is 39.2 Å². The van der Waals surface area contributed by atoms with Crippen LogP contribution in [0.4, 0.5) is 0 Å². The molecule has 1 saturated heterocycles. The van der Waals surface area contributed by atoms with E-state index in [2.05, 4.69) is 0 Å². The molecule has 2 aliphatic rings. The van der Waals surface area contributed by atoms with E-state index in [4.69, 9.17) is 4.74 Å². The van der Waals surface area contributed by atoms with Crippen molar-refractivity contribution in [2.75, 3.05) is 0 Å². The van der Waals surface area contributed by atoms with Crippen molar-refractivity contribution in [3.05, 3.63) is 11.8 Å². The minimum Gasteiger partial charge on any atom is -0.486 e. The maximum Gasteiger partial charge on any atom is 0.170 e. The van der Waals surface area contributed by atoms with Gasteiger partial charge in [0.2, 0.25) is 0 Å². The Hall–Kier alpha value is -1.12. The highest BCUT2D eigenvalue weighted by atomic mass is 16.5. The summed E-state index contributed by atoms with van der Waals surface area (Å²) in [4.78, 5) is 22.9. The van der Waals surface area contributed by atoms with Gasteiger partial charge in [0.25, 0.3) is 0 Å². The highest BCUT2D eigenvalue weighted by Gasteiger charge is 2.49. The molecule has 0 radical (unpaired) electrons. The predicted octanol–water partition coefficient (Wildman–Crippen LogP) is 1.62. The summed E-state index contributed by atoms with van der Waals surface area (Å²) in [6.45, 7) is 3.39. The van der Waals surface area contributed by atoms with E-state index in [1.54, 1.807) is 0 Å². The average molecular weight is 194 g/mol. The fourth-order valence-corrected chi connectivity index (χ4v) is 2.16. The quantitative estimate of drug-likeness (QED) is 0.637. The number of ketones is 2. The van der Waals surface area contributed by atoms with E-state index in [0.29, 0.717) is 18.6 Å². The van der Waals surface area contributed by atoms with E-state index >= 15 is 0 Å². The van der Waals surface area contributed by atoms with Crippen LogP contribution in [0.3, 0.4) is 0 Å². The van der Waals surface area contributed by atoms with Gasteiger partial charge >= 0.3 is 0 Å². The van der Waals surface area contributed by atoms with Gasteiger partial charge in [-0.2, -0.15) is 0 Å². The van der Waals surface area contributed by atoms with Gasteiger partial charge in [-0.15, -0.1) is 0 Å². The van der Waals surface area contributed by atoms with Crippen LogP contribution >= 0.6 is 0 Å². The van der Waals surface area contributed by atoms with E-state index in [9.17, 15) is 9.59 Å². The highest BCUT2D eigenvalue weighted by molar-refractivity contribution is 5.91. The molecule has 1 unspecified atom stereocenters. The minimum absolute atomic E-state index is 0.00863. The van der Waals surface area contributed by atoms with Crippen molar-refractivity contribution in [3.63, 3.8) is 0 Å². The molecule has 3 heteroatoms. The summed E-state index contributed by atoms with van der Waals surface area (Å²) in [7, 11) is 0. The maximum absolute atomic E-state index is 11.7. The summed E-state index contributed by atoms with van der Waals surface area (Å²) in [5, 5.41) is 0. The molecule has 1 aliphatic heterocycles. The van der Waals surface area contributed by atoms with Gasteiger partial charge in [-0.25, -0.2) is 0 Å². The molecule has 0 aromatic carbocycles. The molecule has 14 heavy (non-hydrogen) atoms. The first-order valence-corrected chi connectivity index (χ1v) is 4.95. The molecule has 0 spiro atoms. The molecule has 0 amide bonds.